The highest BCUT2D eigenvalue weighted by atomic mass is 35.5. The van der Waals surface area contributed by atoms with E-state index in [1.54, 1.807) is 0 Å². The zero-order chi connectivity index (χ0) is 17.1. The molecule has 2 amide bonds. The van der Waals surface area contributed by atoms with E-state index in [0.717, 1.165) is 6.07 Å². The van der Waals surface area contributed by atoms with Crippen LogP contribution in [0.5, 0.6) is 11.5 Å². The van der Waals surface area contributed by atoms with Gasteiger partial charge in [-0.15, -0.1) is 0 Å². The fourth-order valence-corrected chi connectivity index (χ4v) is 2.41. The Morgan fingerprint density at radius 3 is 2.54 bits per heavy atom. The molecule has 0 fully saturated rings. The summed E-state index contributed by atoms with van der Waals surface area (Å²) in [5.74, 6) is -1.37. The molecule has 0 saturated heterocycles. The van der Waals surface area contributed by atoms with Crippen molar-refractivity contribution in [1.82, 2.24) is 10.9 Å². The SMILES string of the molecule is O=C(NNC(=O)c1ccccc1F)c1cc(Cl)c2c(c1)OCCO2. The normalized spacial score (nSPS) is 12.4. The van der Waals surface area contributed by atoms with Gasteiger partial charge in [0, 0.05) is 5.56 Å². The molecule has 3 rings (SSSR count). The van der Waals surface area contributed by atoms with Crippen molar-refractivity contribution in [3.8, 4) is 11.5 Å². The molecule has 6 nitrogen and oxygen atoms in total. The number of benzene rings is 2. The minimum atomic E-state index is -0.773. The van der Waals surface area contributed by atoms with Crippen molar-refractivity contribution in [2.75, 3.05) is 13.2 Å². The largest absolute Gasteiger partial charge is 0.486 e. The number of hydrazine groups is 1. The number of carbonyl (C=O) groups excluding carboxylic acids is 2. The van der Waals surface area contributed by atoms with E-state index in [1.807, 2.05) is 0 Å². The van der Waals surface area contributed by atoms with Crippen LogP contribution in [0.3, 0.4) is 0 Å². The summed E-state index contributed by atoms with van der Waals surface area (Å²) in [6.45, 7) is 0.718. The number of fused-ring (bicyclic) bond motifs is 1. The first-order chi connectivity index (χ1) is 11.6. The lowest BCUT2D eigenvalue weighted by atomic mass is 10.2. The van der Waals surface area contributed by atoms with Crippen LogP contribution in [-0.2, 0) is 0 Å². The highest BCUT2D eigenvalue weighted by Gasteiger charge is 2.20. The smallest absolute Gasteiger partial charge is 0.272 e. The Bertz CT molecular complexity index is 813. The van der Waals surface area contributed by atoms with Crippen LogP contribution >= 0.6 is 11.6 Å². The first-order valence-electron chi connectivity index (χ1n) is 7.00. The van der Waals surface area contributed by atoms with Crippen LogP contribution in [0, 0.1) is 5.82 Å². The van der Waals surface area contributed by atoms with Gasteiger partial charge >= 0.3 is 0 Å². The van der Waals surface area contributed by atoms with Gasteiger partial charge in [-0.25, -0.2) is 4.39 Å². The Hall–Kier alpha value is -2.80. The van der Waals surface area contributed by atoms with Gasteiger partial charge in [-0.05, 0) is 24.3 Å². The second kappa shape index (κ2) is 6.76. The van der Waals surface area contributed by atoms with Gasteiger partial charge in [0.05, 0.1) is 10.6 Å². The molecule has 8 heteroatoms. The Morgan fingerprint density at radius 2 is 1.75 bits per heavy atom. The van der Waals surface area contributed by atoms with Crippen molar-refractivity contribution >= 4 is 23.4 Å². The molecular formula is C16H12ClFN2O4. The van der Waals surface area contributed by atoms with Gasteiger partial charge in [0.2, 0.25) is 0 Å². The van der Waals surface area contributed by atoms with Crippen LogP contribution in [0.25, 0.3) is 0 Å². The molecule has 2 aromatic rings. The molecule has 1 aliphatic heterocycles. The number of hydrogen-bond acceptors (Lipinski definition) is 4. The van der Waals surface area contributed by atoms with Gasteiger partial charge < -0.3 is 9.47 Å². The molecule has 0 spiro atoms. The highest BCUT2D eigenvalue weighted by molar-refractivity contribution is 6.32. The minimum Gasteiger partial charge on any atom is -0.486 e. The number of halogens is 2. The first-order valence-corrected chi connectivity index (χ1v) is 7.38. The topological polar surface area (TPSA) is 76.7 Å². The second-order valence-corrected chi connectivity index (χ2v) is 5.28. The van der Waals surface area contributed by atoms with E-state index in [-0.39, 0.29) is 16.1 Å². The predicted octanol–water partition coefficient (Wildman–Crippen LogP) is 2.33. The molecule has 2 aromatic carbocycles. The number of hydrogen-bond donors (Lipinski definition) is 2. The van der Waals surface area contributed by atoms with Crippen molar-refractivity contribution in [2.45, 2.75) is 0 Å². The van der Waals surface area contributed by atoms with E-state index in [4.69, 9.17) is 21.1 Å². The highest BCUT2D eigenvalue weighted by Crippen LogP contribution is 2.38. The minimum absolute atomic E-state index is 0.165. The van der Waals surface area contributed by atoms with Crippen molar-refractivity contribution in [3.05, 3.63) is 58.4 Å². The summed E-state index contributed by atoms with van der Waals surface area (Å²) in [7, 11) is 0. The average Bonchev–Trinajstić information content (AvgIpc) is 2.59. The van der Waals surface area contributed by atoms with E-state index in [9.17, 15) is 14.0 Å². The van der Waals surface area contributed by atoms with E-state index in [2.05, 4.69) is 10.9 Å². The van der Waals surface area contributed by atoms with E-state index in [1.165, 1.54) is 30.3 Å². The van der Waals surface area contributed by atoms with E-state index >= 15 is 0 Å². The van der Waals surface area contributed by atoms with Crippen LogP contribution < -0.4 is 20.3 Å². The number of rotatable bonds is 2. The molecule has 1 heterocycles. The van der Waals surface area contributed by atoms with Gasteiger partial charge in [-0.3, -0.25) is 20.4 Å². The van der Waals surface area contributed by atoms with E-state index in [0.29, 0.717) is 24.7 Å². The van der Waals surface area contributed by atoms with Gasteiger partial charge in [-0.2, -0.15) is 0 Å². The van der Waals surface area contributed by atoms with Crippen LogP contribution in [0.1, 0.15) is 20.7 Å². The van der Waals surface area contributed by atoms with Gasteiger partial charge in [0.15, 0.2) is 11.5 Å². The van der Waals surface area contributed by atoms with Crippen molar-refractivity contribution in [3.63, 3.8) is 0 Å². The van der Waals surface area contributed by atoms with Crippen molar-refractivity contribution < 1.29 is 23.5 Å². The summed E-state index contributed by atoms with van der Waals surface area (Å²) in [5, 5.41) is 0.220. The molecule has 24 heavy (non-hydrogen) atoms. The van der Waals surface area contributed by atoms with Crippen LogP contribution in [0.2, 0.25) is 5.02 Å². The number of amides is 2. The first kappa shape index (κ1) is 16.1. The number of ether oxygens (including phenoxy) is 2. The molecular weight excluding hydrogens is 339 g/mol. The lowest BCUT2D eigenvalue weighted by Crippen LogP contribution is -2.42. The molecule has 1 aliphatic rings. The fraction of sp³-hybridized carbons (Fsp3) is 0.125. The van der Waals surface area contributed by atoms with Gasteiger partial charge in [0.25, 0.3) is 11.8 Å². The summed E-state index contributed by atoms with van der Waals surface area (Å²) >= 11 is 6.05. The summed E-state index contributed by atoms with van der Waals surface area (Å²) < 4.78 is 24.2. The summed E-state index contributed by atoms with van der Waals surface area (Å²) in [5.41, 5.74) is 4.32. The Morgan fingerprint density at radius 1 is 1.04 bits per heavy atom. The molecule has 0 aliphatic carbocycles. The van der Waals surface area contributed by atoms with Crippen LogP contribution in [0.15, 0.2) is 36.4 Å². The van der Waals surface area contributed by atoms with E-state index < -0.39 is 17.6 Å². The Balaban J connectivity index is 1.70. The van der Waals surface area contributed by atoms with Crippen molar-refractivity contribution in [1.29, 1.82) is 0 Å². The molecule has 124 valence electrons. The maximum absolute atomic E-state index is 13.5. The second-order valence-electron chi connectivity index (χ2n) is 4.87. The maximum atomic E-state index is 13.5. The third-order valence-corrected chi connectivity index (χ3v) is 3.55. The predicted molar refractivity (Wildman–Crippen MR) is 83.8 cm³/mol. The lowest BCUT2D eigenvalue weighted by molar-refractivity contribution is 0.0843. The van der Waals surface area contributed by atoms with Crippen LogP contribution in [0.4, 0.5) is 4.39 Å². The van der Waals surface area contributed by atoms with Gasteiger partial charge in [0.1, 0.15) is 19.0 Å². The Kier molecular flexibility index (Phi) is 4.52. The third-order valence-electron chi connectivity index (χ3n) is 3.27. The quantitative estimate of drug-likeness (QED) is 0.815. The average molecular weight is 351 g/mol. The fourth-order valence-electron chi connectivity index (χ4n) is 2.14. The zero-order valence-corrected chi connectivity index (χ0v) is 13.0. The lowest BCUT2D eigenvalue weighted by Gasteiger charge is -2.20. The summed E-state index contributed by atoms with van der Waals surface area (Å²) in [6, 6.07) is 8.27. The monoisotopic (exact) mass is 350 g/mol. The molecule has 0 unspecified atom stereocenters. The van der Waals surface area contributed by atoms with Crippen molar-refractivity contribution in [2.24, 2.45) is 0 Å². The molecule has 0 saturated carbocycles. The standard InChI is InChI=1S/C16H12ClFN2O4/c17-11-7-9(8-13-14(11)24-6-5-23-13)15(21)19-20-16(22)10-3-1-2-4-12(10)18/h1-4,7-8H,5-6H2,(H,19,21)(H,20,22). The maximum Gasteiger partial charge on any atom is 0.272 e. The third kappa shape index (κ3) is 3.26. The molecule has 2 N–H and O–H groups in total. The molecule has 0 atom stereocenters. The van der Waals surface area contributed by atoms with Gasteiger partial charge in [-0.1, -0.05) is 23.7 Å². The zero-order valence-electron chi connectivity index (χ0n) is 12.3. The summed E-state index contributed by atoms with van der Waals surface area (Å²) in [4.78, 5) is 24.0. The Labute approximate surface area is 141 Å². The number of carbonyl (C=O) groups is 2. The summed E-state index contributed by atoms with van der Waals surface area (Å²) in [6.07, 6.45) is 0. The molecule has 0 aromatic heterocycles. The number of nitrogens with one attached hydrogen (secondary N) is 2. The molecule has 0 bridgehead atoms. The van der Waals surface area contributed by atoms with Crippen LogP contribution in [-0.4, -0.2) is 25.0 Å². The molecule has 0 radical (unpaired) electrons.